The molecule has 0 saturated heterocycles. The van der Waals surface area contributed by atoms with Crippen molar-refractivity contribution in [2.24, 2.45) is 16.2 Å². The molecule has 1 atom stereocenters. The molecule has 0 aliphatic heterocycles. The quantitative estimate of drug-likeness (QED) is 0.591. The molecule has 0 amide bonds. The summed E-state index contributed by atoms with van der Waals surface area (Å²) in [4.78, 5) is 0. The van der Waals surface area contributed by atoms with E-state index in [1.807, 2.05) is 0 Å². The Hall–Kier alpha value is 0. The van der Waals surface area contributed by atoms with Crippen molar-refractivity contribution in [3.05, 3.63) is 0 Å². The van der Waals surface area contributed by atoms with Crippen LogP contribution in [0.2, 0.25) is 0 Å². The lowest BCUT2D eigenvalue weighted by atomic mass is 9.87. The van der Waals surface area contributed by atoms with Gasteiger partial charge >= 0.3 is 0 Å². The summed E-state index contributed by atoms with van der Waals surface area (Å²) < 4.78 is 0. The molecule has 0 heterocycles. The van der Waals surface area contributed by atoms with Crippen LogP contribution in [0.1, 0.15) is 60.8 Å². The van der Waals surface area contributed by atoms with E-state index in [1.165, 1.54) is 19.3 Å². The van der Waals surface area contributed by atoms with Gasteiger partial charge in [-0.1, -0.05) is 41.5 Å². The van der Waals surface area contributed by atoms with E-state index >= 15 is 0 Å². The van der Waals surface area contributed by atoms with Crippen LogP contribution in [0.4, 0.5) is 0 Å². The van der Waals surface area contributed by atoms with Crippen molar-refractivity contribution in [1.29, 1.82) is 0 Å². The maximum atomic E-state index is 2.47. The summed E-state index contributed by atoms with van der Waals surface area (Å²) in [6, 6.07) is 0. The van der Waals surface area contributed by atoms with Crippen molar-refractivity contribution in [1.82, 2.24) is 0 Å². The Kier molecular flexibility index (Phi) is 2.10. The first-order chi connectivity index (χ1) is 5.43. The minimum absolute atomic E-state index is 0.568. The second-order valence-corrected chi connectivity index (χ2v) is 5.10. The van der Waals surface area contributed by atoms with Crippen LogP contribution in [0, 0.1) is 16.2 Å². The van der Waals surface area contributed by atoms with Crippen molar-refractivity contribution in [3.8, 4) is 0 Å². The molecule has 0 nitrogen and oxygen atoms in total. The van der Waals surface area contributed by atoms with Gasteiger partial charge in [0.05, 0.1) is 0 Å². The van der Waals surface area contributed by atoms with Crippen molar-refractivity contribution in [2.75, 3.05) is 0 Å². The van der Waals surface area contributed by atoms with Gasteiger partial charge in [-0.3, -0.25) is 0 Å². The monoisotopic (exact) mass is 168 g/mol. The SMILES string of the molecule is CCC1(C)C(C)(C)C1(CC)CC. The molecule has 12 heavy (non-hydrogen) atoms. The summed E-state index contributed by atoms with van der Waals surface area (Å²) in [5, 5.41) is 0. The minimum Gasteiger partial charge on any atom is -0.0648 e. The molecule has 1 rings (SSSR count). The number of hydrogen-bond acceptors (Lipinski definition) is 0. The van der Waals surface area contributed by atoms with Gasteiger partial charge in [0.15, 0.2) is 0 Å². The zero-order valence-electron chi connectivity index (χ0n) is 9.62. The molecular formula is C12H24. The molecule has 0 bridgehead atoms. The largest absolute Gasteiger partial charge is 0.0648 e. The highest BCUT2D eigenvalue weighted by molar-refractivity contribution is 5.23. The predicted octanol–water partition coefficient (Wildman–Crippen LogP) is 4.25. The van der Waals surface area contributed by atoms with E-state index in [0.717, 1.165) is 0 Å². The van der Waals surface area contributed by atoms with E-state index in [0.29, 0.717) is 16.2 Å². The highest BCUT2D eigenvalue weighted by Gasteiger charge is 2.75. The zero-order valence-corrected chi connectivity index (χ0v) is 9.62. The number of hydrogen-bond donors (Lipinski definition) is 0. The Morgan fingerprint density at radius 2 is 1.17 bits per heavy atom. The van der Waals surface area contributed by atoms with Crippen LogP contribution < -0.4 is 0 Å². The summed E-state index contributed by atoms with van der Waals surface area (Å²) in [6.07, 6.45) is 4.03. The Morgan fingerprint density at radius 1 is 0.750 bits per heavy atom. The van der Waals surface area contributed by atoms with Crippen molar-refractivity contribution in [3.63, 3.8) is 0 Å². The van der Waals surface area contributed by atoms with Crippen molar-refractivity contribution < 1.29 is 0 Å². The molecule has 0 aromatic heterocycles. The molecule has 72 valence electrons. The Morgan fingerprint density at radius 3 is 1.25 bits per heavy atom. The van der Waals surface area contributed by atoms with Crippen LogP contribution in [0.15, 0.2) is 0 Å². The molecule has 1 saturated carbocycles. The van der Waals surface area contributed by atoms with E-state index in [2.05, 4.69) is 41.5 Å². The highest BCUT2D eigenvalue weighted by atomic mass is 14.8. The first kappa shape index (κ1) is 10.1. The molecule has 0 heteroatoms. The standard InChI is InChI=1S/C12H24/c1-7-11(6)10(4,5)12(11,8-2)9-3/h7-9H2,1-6H3. The van der Waals surface area contributed by atoms with Gasteiger partial charge in [0.2, 0.25) is 0 Å². The second-order valence-electron chi connectivity index (χ2n) is 5.10. The lowest BCUT2D eigenvalue weighted by Crippen LogP contribution is -2.08. The molecular weight excluding hydrogens is 144 g/mol. The van der Waals surface area contributed by atoms with E-state index in [4.69, 9.17) is 0 Å². The maximum absolute atomic E-state index is 2.47. The van der Waals surface area contributed by atoms with Crippen molar-refractivity contribution in [2.45, 2.75) is 60.8 Å². The smallest absolute Gasteiger partial charge is 0.0187 e. The fourth-order valence-electron chi connectivity index (χ4n) is 4.10. The van der Waals surface area contributed by atoms with Crippen molar-refractivity contribution >= 4 is 0 Å². The van der Waals surface area contributed by atoms with Crippen LogP contribution in [0.3, 0.4) is 0 Å². The minimum atomic E-state index is 0.568. The molecule has 0 aromatic carbocycles. The van der Waals surface area contributed by atoms with Crippen LogP contribution in [-0.2, 0) is 0 Å². The van der Waals surface area contributed by atoms with Gasteiger partial charge in [-0.25, -0.2) is 0 Å². The highest BCUT2D eigenvalue weighted by Crippen LogP contribution is 2.82. The van der Waals surface area contributed by atoms with Gasteiger partial charge in [-0.2, -0.15) is 0 Å². The first-order valence-corrected chi connectivity index (χ1v) is 5.43. The van der Waals surface area contributed by atoms with Gasteiger partial charge in [-0.15, -0.1) is 0 Å². The Labute approximate surface area is 77.7 Å². The molecule has 0 N–H and O–H groups in total. The predicted molar refractivity (Wildman–Crippen MR) is 55.2 cm³/mol. The van der Waals surface area contributed by atoms with Crippen LogP contribution in [-0.4, -0.2) is 0 Å². The summed E-state index contributed by atoms with van der Waals surface area (Å²) in [5.74, 6) is 0. The number of rotatable bonds is 3. The van der Waals surface area contributed by atoms with Crippen LogP contribution in [0.25, 0.3) is 0 Å². The van der Waals surface area contributed by atoms with Gasteiger partial charge in [0.25, 0.3) is 0 Å². The Bertz CT molecular complexity index is 174. The lowest BCUT2D eigenvalue weighted by Gasteiger charge is -2.17. The maximum Gasteiger partial charge on any atom is -0.0187 e. The topological polar surface area (TPSA) is 0 Å². The zero-order chi connectivity index (χ0) is 9.62. The van der Waals surface area contributed by atoms with Gasteiger partial charge in [-0.05, 0) is 35.5 Å². The first-order valence-electron chi connectivity index (χ1n) is 5.43. The van der Waals surface area contributed by atoms with E-state index in [1.54, 1.807) is 0 Å². The van der Waals surface area contributed by atoms with Crippen LogP contribution in [0.5, 0.6) is 0 Å². The fourth-order valence-corrected chi connectivity index (χ4v) is 4.10. The van der Waals surface area contributed by atoms with E-state index in [9.17, 15) is 0 Å². The lowest BCUT2D eigenvalue weighted by molar-refractivity contribution is 0.323. The van der Waals surface area contributed by atoms with E-state index in [-0.39, 0.29) is 0 Å². The summed E-state index contributed by atoms with van der Waals surface area (Å²) in [7, 11) is 0. The van der Waals surface area contributed by atoms with Gasteiger partial charge in [0.1, 0.15) is 0 Å². The molecule has 1 aliphatic rings. The summed E-state index contributed by atoms with van der Waals surface area (Å²) in [5.41, 5.74) is 1.80. The summed E-state index contributed by atoms with van der Waals surface area (Å²) >= 11 is 0. The molecule has 1 fully saturated rings. The third kappa shape index (κ3) is 0.701. The second kappa shape index (κ2) is 2.49. The fraction of sp³-hybridized carbons (Fsp3) is 1.00. The molecule has 1 aliphatic carbocycles. The Balaban J connectivity index is 2.96. The van der Waals surface area contributed by atoms with Crippen LogP contribution >= 0.6 is 0 Å². The van der Waals surface area contributed by atoms with Gasteiger partial charge in [0, 0.05) is 0 Å². The third-order valence-electron chi connectivity index (χ3n) is 5.48. The summed E-state index contributed by atoms with van der Waals surface area (Å²) in [6.45, 7) is 14.4. The average Bonchev–Trinajstić information content (AvgIpc) is 2.43. The molecule has 1 unspecified atom stereocenters. The van der Waals surface area contributed by atoms with E-state index < -0.39 is 0 Å². The average molecular weight is 168 g/mol. The molecule has 0 radical (unpaired) electrons. The van der Waals surface area contributed by atoms with Gasteiger partial charge < -0.3 is 0 Å². The molecule has 0 spiro atoms. The third-order valence-corrected chi connectivity index (χ3v) is 5.48. The normalized spacial score (nSPS) is 36.5. The molecule has 0 aromatic rings.